The van der Waals surface area contributed by atoms with Crippen LogP contribution in [0.1, 0.15) is 68.7 Å². The van der Waals surface area contributed by atoms with Crippen molar-refractivity contribution in [2.45, 2.75) is 128 Å². The minimum Gasteiger partial charge on any atom is -0.417 e. The molecule has 5 atom stereocenters. The maximum absolute atomic E-state index is 11.4. The first-order valence-electron chi connectivity index (χ1n) is 16.4. The van der Waals surface area contributed by atoms with E-state index in [2.05, 4.69) is 115 Å². The van der Waals surface area contributed by atoms with Gasteiger partial charge in [-0.3, -0.25) is 0 Å². The van der Waals surface area contributed by atoms with Gasteiger partial charge in [0.15, 0.2) is 14.1 Å². The van der Waals surface area contributed by atoms with Gasteiger partial charge in [0.05, 0.1) is 12.2 Å². The molecule has 1 unspecified atom stereocenters. The van der Waals surface area contributed by atoms with Crippen molar-refractivity contribution in [1.82, 2.24) is 0 Å². The maximum atomic E-state index is 11.4. The number of methoxy groups -OCH3 is 1. The molecule has 2 aromatic rings. The molecular formula is C37H58O7Si2. The molecule has 0 aromatic heterocycles. The molecule has 1 fully saturated rings. The summed E-state index contributed by atoms with van der Waals surface area (Å²) in [5.74, 6) is 5.39. The molecular weight excluding hydrogens is 613 g/mol. The lowest BCUT2D eigenvalue weighted by molar-refractivity contribution is -0.152. The summed E-state index contributed by atoms with van der Waals surface area (Å²) in [5, 5.41) is 13.6. The second kappa shape index (κ2) is 15.6. The Morgan fingerprint density at radius 3 is 1.89 bits per heavy atom. The third-order valence-corrected chi connectivity index (χ3v) is 18.8. The van der Waals surface area contributed by atoms with Crippen LogP contribution in [0.4, 0.5) is 0 Å². The van der Waals surface area contributed by atoms with Crippen molar-refractivity contribution >= 4 is 27.0 Å². The van der Waals surface area contributed by atoms with Gasteiger partial charge >= 0.3 is 0 Å². The zero-order valence-electron chi connectivity index (χ0n) is 30.2. The summed E-state index contributed by atoms with van der Waals surface area (Å²) in [7, 11) is -3.22. The zero-order chi connectivity index (χ0) is 34.4. The maximum Gasteiger partial charge on any atom is 0.261 e. The highest BCUT2D eigenvalue weighted by atomic mass is 28.4. The molecule has 0 saturated carbocycles. The number of benzene rings is 2. The summed E-state index contributed by atoms with van der Waals surface area (Å²) in [6.07, 6.45) is -2.64. The highest BCUT2D eigenvalue weighted by Crippen LogP contribution is 2.39. The van der Waals surface area contributed by atoms with E-state index >= 15 is 0 Å². The fraction of sp³-hybridized carbons (Fsp3) is 0.622. The highest BCUT2D eigenvalue weighted by Gasteiger charge is 2.52. The van der Waals surface area contributed by atoms with Gasteiger partial charge < -0.3 is 32.9 Å². The van der Waals surface area contributed by atoms with Crippen LogP contribution in [0.25, 0.3) is 0 Å². The van der Waals surface area contributed by atoms with Gasteiger partial charge in [-0.25, -0.2) is 0 Å². The van der Waals surface area contributed by atoms with E-state index in [-0.39, 0.29) is 23.0 Å². The average molecular weight is 671 g/mol. The number of hydrogen-bond donors (Lipinski definition) is 1. The number of rotatable bonds is 13. The van der Waals surface area contributed by atoms with Crippen molar-refractivity contribution in [2.75, 3.05) is 20.5 Å². The Labute approximate surface area is 280 Å². The van der Waals surface area contributed by atoms with Gasteiger partial charge in [-0.05, 0) is 60.7 Å². The van der Waals surface area contributed by atoms with Gasteiger partial charge in [0.2, 0.25) is 0 Å². The van der Waals surface area contributed by atoms with Crippen molar-refractivity contribution in [3.8, 4) is 11.8 Å². The molecule has 1 heterocycles. The van der Waals surface area contributed by atoms with E-state index in [1.54, 1.807) is 7.11 Å². The lowest BCUT2D eigenvalue weighted by Gasteiger charge is -2.45. The van der Waals surface area contributed by atoms with Crippen LogP contribution in [0.2, 0.25) is 23.2 Å². The predicted octanol–water partition coefficient (Wildman–Crippen LogP) is 6.24. The summed E-state index contributed by atoms with van der Waals surface area (Å²) in [6, 6.07) is 20.9. The highest BCUT2D eigenvalue weighted by molar-refractivity contribution is 6.99. The normalized spacial score (nSPS) is 20.9. The summed E-state index contributed by atoms with van der Waals surface area (Å²) in [4.78, 5) is 0. The molecule has 9 heteroatoms. The first kappa shape index (κ1) is 38.6. The quantitative estimate of drug-likeness (QED) is 0.154. The zero-order valence-corrected chi connectivity index (χ0v) is 32.2. The molecule has 256 valence electrons. The van der Waals surface area contributed by atoms with Gasteiger partial charge in [0.1, 0.15) is 25.1 Å². The van der Waals surface area contributed by atoms with Gasteiger partial charge in [-0.1, -0.05) is 114 Å². The molecule has 0 spiro atoms. The third kappa shape index (κ3) is 9.40. The molecule has 0 bridgehead atoms. The van der Waals surface area contributed by atoms with Crippen LogP contribution in [0, 0.1) is 11.8 Å². The number of aliphatic hydroxyl groups is 1. The second-order valence-electron chi connectivity index (χ2n) is 15.2. The first-order chi connectivity index (χ1) is 21.3. The first-order valence-corrected chi connectivity index (χ1v) is 21.2. The van der Waals surface area contributed by atoms with Crippen LogP contribution in [0.3, 0.4) is 0 Å². The standard InChI is InChI=1S/C37H58O7Si2/c1-28(44-46(36(5,6)7,29-19-15-13-16-20-29)30-21-17-14-18-22-30)32(40-27-39-10)24-23-31(38)34-33(42-37(8,9)43-34)25-26-41-45(11,12)35(2,3)4/h13-22,28,31-34,38H,25-27H2,1-12H3/t28-,31?,32+,33-,34+/m0/s1. The Bertz CT molecular complexity index is 1240. The lowest BCUT2D eigenvalue weighted by Crippen LogP contribution is -2.68. The van der Waals surface area contributed by atoms with Crippen molar-refractivity contribution in [2.24, 2.45) is 0 Å². The van der Waals surface area contributed by atoms with Crippen LogP contribution in [-0.2, 0) is 27.8 Å². The van der Waals surface area contributed by atoms with E-state index in [1.807, 2.05) is 32.9 Å². The Hall–Kier alpha value is -1.85. The molecule has 1 aliphatic rings. The van der Waals surface area contributed by atoms with Crippen LogP contribution < -0.4 is 10.4 Å². The Balaban J connectivity index is 1.89. The smallest absolute Gasteiger partial charge is 0.261 e. The Morgan fingerprint density at radius 1 is 0.870 bits per heavy atom. The Kier molecular flexibility index (Phi) is 13.1. The van der Waals surface area contributed by atoms with Gasteiger partial charge in [-0.15, -0.1) is 0 Å². The van der Waals surface area contributed by atoms with E-state index in [1.165, 1.54) is 10.4 Å². The van der Waals surface area contributed by atoms with Crippen LogP contribution in [0.15, 0.2) is 60.7 Å². The largest absolute Gasteiger partial charge is 0.417 e. The molecule has 3 rings (SSSR count). The van der Waals surface area contributed by atoms with Crippen molar-refractivity contribution in [3.05, 3.63) is 60.7 Å². The van der Waals surface area contributed by atoms with E-state index in [9.17, 15) is 5.11 Å². The summed E-state index contributed by atoms with van der Waals surface area (Å²) >= 11 is 0. The minimum absolute atomic E-state index is 0.0351. The van der Waals surface area contributed by atoms with Crippen molar-refractivity contribution in [3.63, 3.8) is 0 Å². The van der Waals surface area contributed by atoms with Gasteiger partial charge in [0, 0.05) is 13.7 Å². The van der Waals surface area contributed by atoms with Gasteiger partial charge in [-0.2, -0.15) is 0 Å². The molecule has 2 aromatic carbocycles. The monoisotopic (exact) mass is 670 g/mol. The Morgan fingerprint density at radius 2 is 1.41 bits per heavy atom. The van der Waals surface area contributed by atoms with Crippen LogP contribution in [-0.4, -0.2) is 78.6 Å². The van der Waals surface area contributed by atoms with E-state index < -0.39 is 46.8 Å². The number of aliphatic hydroxyl groups excluding tert-OH is 1. The molecule has 0 amide bonds. The van der Waals surface area contributed by atoms with Crippen LogP contribution in [0.5, 0.6) is 0 Å². The molecule has 7 nitrogen and oxygen atoms in total. The summed E-state index contributed by atoms with van der Waals surface area (Å²) in [5.41, 5.74) is 0. The number of hydrogen-bond acceptors (Lipinski definition) is 7. The molecule has 0 radical (unpaired) electrons. The molecule has 1 N–H and O–H groups in total. The van der Waals surface area contributed by atoms with Crippen molar-refractivity contribution in [1.29, 1.82) is 0 Å². The SMILES string of the molecule is COCO[C@H](C#CC(O)[C@H]1OC(C)(C)O[C@H]1CCO[Si](C)(C)C(C)(C)C)[C@H](C)O[Si](c1ccccc1)(c1ccccc1)C(C)(C)C. The fourth-order valence-corrected chi connectivity index (χ4v) is 11.5. The van der Waals surface area contributed by atoms with Gasteiger partial charge in [0.25, 0.3) is 8.32 Å². The molecule has 0 aliphatic carbocycles. The van der Waals surface area contributed by atoms with E-state index in [4.69, 9.17) is 27.8 Å². The van der Waals surface area contributed by atoms with Crippen molar-refractivity contribution < 1.29 is 32.9 Å². The summed E-state index contributed by atoms with van der Waals surface area (Å²) in [6.45, 7) is 24.1. The lowest BCUT2D eigenvalue weighted by atomic mass is 10.1. The molecule has 1 saturated heterocycles. The number of ether oxygens (including phenoxy) is 4. The average Bonchev–Trinajstić information content (AvgIpc) is 3.29. The minimum atomic E-state index is -2.88. The molecule has 1 aliphatic heterocycles. The third-order valence-electron chi connectivity index (χ3n) is 9.15. The fourth-order valence-electron chi connectivity index (χ4n) is 5.72. The van der Waals surface area contributed by atoms with E-state index in [0.717, 1.165) is 0 Å². The van der Waals surface area contributed by atoms with Crippen LogP contribution >= 0.6 is 0 Å². The topological polar surface area (TPSA) is 75.6 Å². The summed E-state index contributed by atoms with van der Waals surface area (Å²) < 4.78 is 37.5. The molecule has 46 heavy (non-hydrogen) atoms. The second-order valence-corrected chi connectivity index (χ2v) is 24.3. The van der Waals surface area contributed by atoms with E-state index in [0.29, 0.717) is 13.0 Å². The predicted molar refractivity (Wildman–Crippen MR) is 190 cm³/mol.